The van der Waals surface area contributed by atoms with Gasteiger partial charge in [-0.15, -0.1) is 0 Å². The Hall–Kier alpha value is -2.67. The maximum absolute atomic E-state index is 12.7. The summed E-state index contributed by atoms with van der Waals surface area (Å²) in [7, 11) is 1.93. The number of rotatable bonds is 5. The molecule has 0 saturated carbocycles. The average molecular weight is 384 g/mol. The number of aliphatic hydroxyl groups is 1. The monoisotopic (exact) mass is 384 g/mol. The van der Waals surface area contributed by atoms with E-state index >= 15 is 0 Å². The van der Waals surface area contributed by atoms with E-state index in [4.69, 9.17) is 4.74 Å². The summed E-state index contributed by atoms with van der Waals surface area (Å²) in [6.07, 6.45) is 3.53. The van der Waals surface area contributed by atoms with Crippen LogP contribution in [0, 0.1) is 5.92 Å². The highest BCUT2D eigenvalue weighted by Crippen LogP contribution is 2.32. The number of amides is 1. The molecule has 1 aliphatic heterocycles. The molecule has 0 bridgehead atoms. The van der Waals surface area contributed by atoms with E-state index in [1.807, 2.05) is 57.0 Å². The van der Waals surface area contributed by atoms with Crippen molar-refractivity contribution in [1.82, 2.24) is 15.3 Å². The Morgan fingerprint density at radius 2 is 2.11 bits per heavy atom. The van der Waals surface area contributed by atoms with E-state index in [0.717, 1.165) is 16.9 Å². The van der Waals surface area contributed by atoms with Crippen molar-refractivity contribution < 1.29 is 14.6 Å². The highest BCUT2D eigenvalue weighted by atomic mass is 16.5. The number of fused-ring (bicyclic) bond motifs is 1. The molecule has 0 aliphatic carbocycles. The lowest BCUT2D eigenvalue weighted by atomic mass is 9.95. The first-order valence-electron chi connectivity index (χ1n) is 9.60. The molecule has 7 nitrogen and oxygen atoms in total. The number of benzene rings is 1. The van der Waals surface area contributed by atoms with Crippen LogP contribution in [-0.2, 0) is 11.2 Å². The summed E-state index contributed by atoms with van der Waals surface area (Å²) in [5.74, 6) is 0.753. The molecule has 0 saturated heterocycles. The van der Waals surface area contributed by atoms with Crippen molar-refractivity contribution in [2.24, 2.45) is 5.92 Å². The third-order valence-corrected chi connectivity index (χ3v) is 5.12. The molecule has 2 N–H and O–H groups in total. The first-order valence-corrected chi connectivity index (χ1v) is 9.60. The molecule has 1 amide bonds. The minimum Gasteiger partial charge on any atom is -0.484 e. The van der Waals surface area contributed by atoms with Crippen LogP contribution < -0.4 is 15.0 Å². The molecule has 7 heteroatoms. The van der Waals surface area contributed by atoms with Crippen LogP contribution in [0.5, 0.6) is 5.75 Å². The van der Waals surface area contributed by atoms with Gasteiger partial charge in [0.25, 0.3) is 0 Å². The molecule has 0 spiro atoms. The van der Waals surface area contributed by atoms with Crippen molar-refractivity contribution in [3.8, 4) is 5.75 Å². The summed E-state index contributed by atoms with van der Waals surface area (Å²) in [5.41, 5.74) is 2.81. The number of hydrogen-bond acceptors (Lipinski definition) is 6. The van der Waals surface area contributed by atoms with Gasteiger partial charge >= 0.3 is 0 Å². The second-order valence-corrected chi connectivity index (χ2v) is 7.58. The van der Waals surface area contributed by atoms with E-state index in [-0.39, 0.29) is 36.6 Å². The second kappa shape index (κ2) is 8.56. The van der Waals surface area contributed by atoms with E-state index in [1.165, 1.54) is 6.33 Å². The highest BCUT2D eigenvalue weighted by molar-refractivity contribution is 5.86. The number of aliphatic hydroxyl groups excluding tert-OH is 1. The van der Waals surface area contributed by atoms with Crippen LogP contribution in [0.15, 0.2) is 36.8 Å². The first-order chi connectivity index (χ1) is 13.4. The number of nitrogens with one attached hydrogen (secondary N) is 1. The molecular weight excluding hydrogens is 356 g/mol. The molecule has 1 aliphatic rings. The van der Waals surface area contributed by atoms with Gasteiger partial charge in [0.15, 0.2) is 0 Å². The Morgan fingerprint density at radius 1 is 1.32 bits per heavy atom. The molecule has 1 aromatic carbocycles. The third-order valence-electron chi connectivity index (χ3n) is 5.12. The van der Waals surface area contributed by atoms with E-state index in [0.29, 0.717) is 12.2 Å². The van der Waals surface area contributed by atoms with E-state index in [2.05, 4.69) is 15.3 Å². The van der Waals surface area contributed by atoms with Crippen molar-refractivity contribution in [2.45, 2.75) is 45.4 Å². The Labute approximate surface area is 165 Å². The lowest BCUT2D eigenvalue weighted by Gasteiger charge is -2.37. The maximum Gasteiger partial charge on any atom is 0.243 e. The lowest BCUT2D eigenvalue weighted by Crippen LogP contribution is -2.54. The van der Waals surface area contributed by atoms with E-state index in [9.17, 15) is 9.90 Å². The zero-order chi connectivity index (χ0) is 20.3. The van der Waals surface area contributed by atoms with Gasteiger partial charge in [-0.05, 0) is 37.0 Å². The number of aromatic nitrogens is 2. The molecule has 150 valence electrons. The van der Waals surface area contributed by atoms with Gasteiger partial charge in [0.1, 0.15) is 24.2 Å². The number of ether oxygens (including phenoxy) is 1. The largest absolute Gasteiger partial charge is 0.484 e. The molecule has 1 aromatic heterocycles. The van der Waals surface area contributed by atoms with Crippen molar-refractivity contribution in [3.05, 3.63) is 48.0 Å². The van der Waals surface area contributed by atoms with Crippen LogP contribution in [0.4, 0.5) is 5.69 Å². The highest BCUT2D eigenvalue weighted by Gasteiger charge is 2.32. The molecule has 0 radical (unpaired) electrons. The van der Waals surface area contributed by atoms with Crippen molar-refractivity contribution in [3.63, 3.8) is 0 Å². The van der Waals surface area contributed by atoms with Crippen molar-refractivity contribution in [1.29, 1.82) is 0 Å². The van der Waals surface area contributed by atoms with Gasteiger partial charge in [-0.2, -0.15) is 0 Å². The molecule has 28 heavy (non-hydrogen) atoms. The number of hydrogen-bond donors (Lipinski definition) is 2. The van der Waals surface area contributed by atoms with Gasteiger partial charge < -0.3 is 20.1 Å². The van der Waals surface area contributed by atoms with Gasteiger partial charge in [0.05, 0.1) is 18.3 Å². The van der Waals surface area contributed by atoms with Crippen LogP contribution in [0.2, 0.25) is 0 Å². The Bertz CT molecular complexity index is 813. The standard InChI is InChI=1S/C21H28N4O3/c1-13(2)20-21(27)24-16(11-26)9-15-5-6-17(10-19(15)25(20)4)28-14(3)18-7-8-22-12-23-18/h5-8,10,12-14,16,20,26H,9,11H2,1-4H3,(H,24,27)/t14?,16-,20-/m1/s1. The molecular formula is C21H28N4O3. The van der Waals surface area contributed by atoms with Crippen LogP contribution in [0.25, 0.3) is 0 Å². The van der Waals surface area contributed by atoms with Crippen LogP contribution in [-0.4, -0.2) is 46.7 Å². The van der Waals surface area contributed by atoms with E-state index in [1.54, 1.807) is 6.20 Å². The van der Waals surface area contributed by atoms with Crippen LogP contribution in [0.1, 0.15) is 38.1 Å². The summed E-state index contributed by atoms with van der Waals surface area (Å²) >= 11 is 0. The fourth-order valence-corrected chi connectivity index (χ4v) is 3.71. The van der Waals surface area contributed by atoms with Gasteiger partial charge in [-0.1, -0.05) is 19.9 Å². The normalized spacial score (nSPS) is 20.8. The zero-order valence-corrected chi connectivity index (χ0v) is 16.8. The van der Waals surface area contributed by atoms with Crippen molar-refractivity contribution >= 4 is 11.6 Å². The first kappa shape index (κ1) is 20.1. The zero-order valence-electron chi connectivity index (χ0n) is 16.8. The fraction of sp³-hybridized carbons (Fsp3) is 0.476. The molecule has 1 unspecified atom stereocenters. The third kappa shape index (κ3) is 4.25. The van der Waals surface area contributed by atoms with Gasteiger partial charge in [-0.3, -0.25) is 4.79 Å². The number of carbonyl (C=O) groups is 1. The molecule has 3 rings (SSSR count). The summed E-state index contributed by atoms with van der Waals surface area (Å²) in [5, 5.41) is 12.6. The Morgan fingerprint density at radius 3 is 2.75 bits per heavy atom. The molecule has 3 atom stereocenters. The molecule has 2 aromatic rings. The predicted octanol–water partition coefficient (Wildman–Crippen LogP) is 2.11. The summed E-state index contributed by atoms with van der Waals surface area (Å²) in [6.45, 7) is 5.89. The summed E-state index contributed by atoms with van der Waals surface area (Å²) in [4.78, 5) is 22.9. The number of carbonyl (C=O) groups excluding carboxylic acids is 1. The molecule has 2 heterocycles. The van der Waals surface area contributed by atoms with Gasteiger partial charge in [0, 0.05) is 25.0 Å². The van der Waals surface area contributed by atoms with Gasteiger partial charge in [0.2, 0.25) is 5.91 Å². The van der Waals surface area contributed by atoms with Gasteiger partial charge in [-0.25, -0.2) is 9.97 Å². The summed E-state index contributed by atoms with van der Waals surface area (Å²) < 4.78 is 6.10. The number of likely N-dealkylation sites (N-methyl/N-ethyl adjacent to an activating group) is 1. The fourth-order valence-electron chi connectivity index (χ4n) is 3.71. The Balaban J connectivity index is 1.93. The quantitative estimate of drug-likeness (QED) is 0.821. The number of nitrogens with zero attached hydrogens (tertiary/aromatic N) is 3. The lowest BCUT2D eigenvalue weighted by molar-refractivity contribution is -0.124. The van der Waals surface area contributed by atoms with Crippen molar-refractivity contribution in [2.75, 3.05) is 18.6 Å². The maximum atomic E-state index is 12.7. The number of anilines is 1. The minimum absolute atomic E-state index is 0.0668. The minimum atomic E-state index is -0.331. The SMILES string of the molecule is CC(Oc1ccc2c(c1)N(C)[C@H](C(C)C)C(=O)N[C@@H](CO)C2)c1ccncn1. The average Bonchev–Trinajstić information content (AvgIpc) is 2.67. The Kier molecular flexibility index (Phi) is 6.14. The van der Waals surface area contributed by atoms with E-state index < -0.39 is 0 Å². The molecule has 0 fully saturated rings. The summed E-state index contributed by atoms with van der Waals surface area (Å²) in [6, 6.07) is 7.10. The second-order valence-electron chi connectivity index (χ2n) is 7.58. The van der Waals surface area contributed by atoms with Crippen LogP contribution in [0.3, 0.4) is 0 Å². The smallest absolute Gasteiger partial charge is 0.243 e. The van der Waals surface area contributed by atoms with Crippen LogP contribution >= 0.6 is 0 Å². The topological polar surface area (TPSA) is 87.6 Å². The predicted molar refractivity (Wildman–Crippen MR) is 107 cm³/mol.